The number of aliphatic hydroxyl groups excluding tert-OH is 1. The van der Waals surface area contributed by atoms with Crippen LogP contribution in [-0.2, 0) is 16.4 Å². The van der Waals surface area contributed by atoms with Crippen molar-refractivity contribution in [2.45, 2.75) is 11.3 Å². The van der Waals surface area contributed by atoms with Crippen molar-refractivity contribution in [3.05, 3.63) is 28.8 Å². The number of nitrogens with one attached hydrogen (secondary N) is 1. The quantitative estimate of drug-likeness (QED) is 0.829. The van der Waals surface area contributed by atoms with Crippen LogP contribution in [0.4, 0.5) is 0 Å². The molecule has 84 valence electrons. The van der Waals surface area contributed by atoms with Crippen molar-refractivity contribution in [2.75, 3.05) is 13.7 Å². The third-order valence-electron chi connectivity index (χ3n) is 2.00. The van der Waals surface area contributed by atoms with Crippen LogP contribution in [0.2, 0.25) is 5.02 Å². The van der Waals surface area contributed by atoms with Gasteiger partial charge in [0, 0.05) is 11.6 Å². The van der Waals surface area contributed by atoms with Crippen LogP contribution in [0.15, 0.2) is 23.1 Å². The first-order valence-electron chi connectivity index (χ1n) is 4.34. The molecule has 0 spiro atoms. The number of rotatable bonds is 4. The highest BCUT2D eigenvalue weighted by Gasteiger charge is 2.17. The Labute approximate surface area is 93.9 Å². The molecule has 0 aliphatic carbocycles. The van der Waals surface area contributed by atoms with Crippen molar-refractivity contribution in [3.63, 3.8) is 0 Å². The fourth-order valence-electron chi connectivity index (χ4n) is 1.26. The Morgan fingerprint density at radius 1 is 1.47 bits per heavy atom. The minimum absolute atomic E-state index is 0.117. The van der Waals surface area contributed by atoms with E-state index in [2.05, 4.69) is 4.72 Å². The molecule has 1 rings (SSSR count). The monoisotopic (exact) mass is 249 g/mol. The van der Waals surface area contributed by atoms with E-state index in [1.807, 2.05) is 0 Å². The molecule has 0 radical (unpaired) electrons. The summed E-state index contributed by atoms with van der Waals surface area (Å²) in [5.74, 6) is 0. The van der Waals surface area contributed by atoms with E-state index in [1.54, 1.807) is 12.1 Å². The molecule has 15 heavy (non-hydrogen) atoms. The molecule has 0 aliphatic rings. The van der Waals surface area contributed by atoms with Gasteiger partial charge in [0.25, 0.3) is 0 Å². The zero-order valence-corrected chi connectivity index (χ0v) is 9.77. The lowest BCUT2D eigenvalue weighted by molar-refractivity contribution is 0.298. The Morgan fingerprint density at radius 3 is 2.67 bits per heavy atom. The van der Waals surface area contributed by atoms with Crippen LogP contribution >= 0.6 is 11.6 Å². The average Bonchev–Trinajstić information content (AvgIpc) is 2.21. The van der Waals surface area contributed by atoms with Crippen molar-refractivity contribution in [3.8, 4) is 0 Å². The van der Waals surface area contributed by atoms with Crippen molar-refractivity contribution in [2.24, 2.45) is 0 Å². The predicted octanol–water partition coefficient (Wildman–Crippen LogP) is 0.783. The maximum atomic E-state index is 11.6. The second-order valence-corrected chi connectivity index (χ2v) is 5.16. The summed E-state index contributed by atoms with van der Waals surface area (Å²) in [6.07, 6.45) is 0.218. The molecular weight excluding hydrogens is 238 g/mol. The van der Waals surface area contributed by atoms with E-state index in [0.29, 0.717) is 10.6 Å². The molecular formula is C9H12ClNO3S. The normalized spacial score (nSPS) is 11.7. The maximum absolute atomic E-state index is 11.6. The van der Waals surface area contributed by atoms with E-state index < -0.39 is 10.0 Å². The van der Waals surface area contributed by atoms with Gasteiger partial charge in [0.05, 0.1) is 4.90 Å². The van der Waals surface area contributed by atoms with Crippen molar-refractivity contribution < 1.29 is 13.5 Å². The minimum Gasteiger partial charge on any atom is -0.396 e. The largest absolute Gasteiger partial charge is 0.396 e. The van der Waals surface area contributed by atoms with Gasteiger partial charge in [0.2, 0.25) is 10.0 Å². The first-order chi connectivity index (χ1) is 7.03. The van der Waals surface area contributed by atoms with Crippen LogP contribution in [0, 0.1) is 0 Å². The van der Waals surface area contributed by atoms with Gasteiger partial charge in [-0.15, -0.1) is 0 Å². The lowest BCUT2D eigenvalue weighted by atomic mass is 10.1. The number of halogens is 1. The highest BCUT2D eigenvalue weighted by Crippen LogP contribution is 2.23. The van der Waals surface area contributed by atoms with Crippen molar-refractivity contribution in [1.29, 1.82) is 0 Å². The van der Waals surface area contributed by atoms with Gasteiger partial charge in [0.1, 0.15) is 0 Å². The second-order valence-electron chi connectivity index (χ2n) is 2.90. The standard InChI is InChI=1S/C9H12ClNO3S/c1-11-15(13,14)9-4-2-3-8(10)7(9)5-6-12/h2-4,11-12H,5-6H2,1H3. The molecule has 0 heterocycles. The lowest BCUT2D eigenvalue weighted by Gasteiger charge is -2.10. The van der Waals surface area contributed by atoms with E-state index in [9.17, 15) is 8.42 Å². The molecule has 0 aliphatic heterocycles. The van der Waals surface area contributed by atoms with Crippen LogP contribution in [0.1, 0.15) is 5.56 Å². The zero-order chi connectivity index (χ0) is 11.5. The summed E-state index contributed by atoms with van der Waals surface area (Å²) in [4.78, 5) is 0.117. The highest BCUT2D eigenvalue weighted by molar-refractivity contribution is 7.89. The Bertz CT molecular complexity index is 445. The number of benzene rings is 1. The summed E-state index contributed by atoms with van der Waals surface area (Å²) in [6.45, 7) is -0.143. The third-order valence-corrected chi connectivity index (χ3v) is 3.85. The van der Waals surface area contributed by atoms with Gasteiger partial charge >= 0.3 is 0 Å². The van der Waals surface area contributed by atoms with Gasteiger partial charge in [-0.3, -0.25) is 0 Å². The molecule has 2 N–H and O–H groups in total. The highest BCUT2D eigenvalue weighted by atomic mass is 35.5. The number of hydrogen-bond acceptors (Lipinski definition) is 3. The second kappa shape index (κ2) is 4.94. The molecule has 0 fully saturated rings. The zero-order valence-electron chi connectivity index (χ0n) is 8.20. The molecule has 0 saturated carbocycles. The molecule has 1 aromatic carbocycles. The number of sulfonamides is 1. The fraction of sp³-hybridized carbons (Fsp3) is 0.333. The van der Waals surface area contributed by atoms with E-state index >= 15 is 0 Å². The van der Waals surface area contributed by atoms with Gasteiger partial charge in [-0.05, 0) is 31.2 Å². The first kappa shape index (κ1) is 12.4. The van der Waals surface area contributed by atoms with Crippen LogP contribution in [-0.4, -0.2) is 27.2 Å². The summed E-state index contributed by atoms with van der Waals surface area (Å²) in [6, 6.07) is 4.62. The first-order valence-corrected chi connectivity index (χ1v) is 6.21. The Balaban J connectivity index is 3.35. The smallest absolute Gasteiger partial charge is 0.240 e. The van der Waals surface area contributed by atoms with Crippen LogP contribution in [0.3, 0.4) is 0 Å². The van der Waals surface area contributed by atoms with Gasteiger partial charge in [-0.1, -0.05) is 17.7 Å². The molecule has 6 heteroatoms. The third kappa shape index (κ3) is 2.69. The van der Waals surface area contributed by atoms with E-state index in [4.69, 9.17) is 16.7 Å². The molecule has 0 atom stereocenters. The van der Waals surface area contributed by atoms with Gasteiger partial charge in [-0.2, -0.15) is 0 Å². The van der Waals surface area contributed by atoms with Crippen molar-refractivity contribution in [1.82, 2.24) is 4.72 Å². The van der Waals surface area contributed by atoms with E-state index in [1.165, 1.54) is 13.1 Å². The summed E-state index contributed by atoms with van der Waals surface area (Å²) in [7, 11) is -2.19. The van der Waals surface area contributed by atoms with Crippen LogP contribution in [0.25, 0.3) is 0 Å². The summed E-state index contributed by atoms with van der Waals surface area (Å²) < 4.78 is 25.4. The minimum atomic E-state index is -3.52. The molecule has 0 amide bonds. The maximum Gasteiger partial charge on any atom is 0.240 e. The van der Waals surface area contributed by atoms with Gasteiger partial charge in [0.15, 0.2) is 0 Å². The SMILES string of the molecule is CNS(=O)(=O)c1cccc(Cl)c1CCO. The predicted molar refractivity (Wildman–Crippen MR) is 58.5 cm³/mol. The van der Waals surface area contributed by atoms with Crippen LogP contribution < -0.4 is 4.72 Å². The van der Waals surface area contributed by atoms with E-state index in [0.717, 1.165) is 0 Å². The molecule has 4 nitrogen and oxygen atoms in total. The van der Waals surface area contributed by atoms with Crippen molar-refractivity contribution >= 4 is 21.6 Å². The molecule has 0 saturated heterocycles. The van der Waals surface area contributed by atoms with E-state index in [-0.39, 0.29) is 17.9 Å². The number of aliphatic hydroxyl groups is 1. The Morgan fingerprint density at radius 2 is 2.13 bits per heavy atom. The molecule has 0 bridgehead atoms. The molecule has 0 aromatic heterocycles. The molecule has 1 aromatic rings. The van der Waals surface area contributed by atoms with Gasteiger partial charge < -0.3 is 5.11 Å². The summed E-state index contributed by atoms with van der Waals surface area (Å²) in [5.41, 5.74) is 0.441. The topological polar surface area (TPSA) is 66.4 Å². The fourth-order valence-corrected chi connectivity index (χ4v) is 2.59. The number of hydrogen-bond donors (Lipinski definition) is 2. The van der Waals surface area contributed by atoms with Gasteiger partial charge in [-0.25, -0.2) is 13.1 Å². The molecule has 0 unspecified atom stereocenters. The lowest BCUT2D eigenvalue weighted by Crippen LogP contribution is -2.20. The Hall–Kier alpha value is -0.620. The summed E-state index contributed by atoms with van der Waals surface area (Å²) >= 11 is 5.87. The Kier molecular flexibility index (Phi) is 4.10. The van der Waals surface area contributed by atoms with Crippen LogP contribution in [0.5, 0.6) is 0 Å². The average molecular weight is 250 g/mol. The summed E-state index contributed by atoms with van der Waals surface area (Å²) in [5, 5.41) is 9.18.